The Balaban J connectivity index is 2.43. The van der Waals surface area contributed by atoms with Gasteiger partial charge in [-0.3, -0.25) is 0 Å². The summed E-state index contributed by atoms with van der Waals surface area (Å²) in [6.45, 7) is 0. The van der Waals surface area contributed by atoms with E-state index in [0.717, 1.165) is 5.69 Å². The smallest absolute Gasteiger partial charge is 0.120 e. The highest BCUT2D eigenvalue weighted by Crippen LogP contribution is 2.31. The van der Waals surface area contributed by atoms with E-state index in [-0.39, 0.29) is 0 Å². The van der Waals surface area contributed by atoms with Crippen LogP contribution in [0.4, 0.5) is 11.4 Å². The summed E-state index contributed by atoms with van der Waals surface area (Å²) in [6, 6.07) is 10.6. The van der Waals surface area contributed by atoms with Gasteiger partial charge in [-0.05, 0) is 30.3 Å². The van der Waals surface area contributed by atoms with Crippen molar-refractivity contribution in [2.24, 2.45) is 5.73 Å². The Labute approximate surface area is 132 Å². The van der Waals surface area contributed by atoms with E-state index in [0.29, 0.717) is 32.0 Å². The van der Waals surface area contributed by atoms with Crippen LogP contribution in [-0.4, -0.2) is 12.1 Å². The Bertz CT molecular complexity index is 662. The molecule has 0 saturated heterocycles. The summed E-state index contributed by atoms with van der Waals surface area (Å²) in [5.41, 5.74) is 7.87. The molecule has 0 heterocycles. The van der Waals surface area contributed by atoms with Gasteiger partial charge in [-0.1, -0.05) is 35.4 Å². The molecule has 0 aromatic heterocycles. The fraction of sp³-hybridized carbons (Fsp3) is 0.0714. The molecular weight excluding hydrogens is 315 g/mol. The minimum atomic E-state index is 0.292. The third kappa shape index (κ3) is 3.33. The van der Waals surface area contributed by atoms with E-state index >= 15 is 0 Å². The second kappa shape index (κ2) is 6.31. The fourth-order valence-corrected chi connectivity index (χ4v) is 2.34. The molecule has 0 bridgehead atoms. The van der Waals surface area contributed by atoms with Crippen molar-refractivity contribution in [3.63, 3.8) is 0 Å². The van der Waals surface area contributed by atoms with Crippen molar-refractivity contribution in [1.82, 2.24) is 0 Å². The van der Waals surface area contributed by atoms with Crippen LogP contribution in [0.25, 0.3) is 0 Å². The molecule has 0 saturated carbocycles. The van der Waals surface area contributed by atoms with Gasteiger partial charge in [-0.2, -0.15) is 0 Å². The van der Waals surface area contributed by atoms with Crippen LogP contribution in [0.15, 0.2) is 36.4 Å². The fourth-order valence-electron chi connectivity index (χ4n) is 1.70. The van der Waals surface area contributed by atoms with E-state index < -0.39 is 0 Å². The standard InChI is InChI=1S/C14H12Cl2N2OS/c1-19-9-3-4-10(14(17)20)13(7-9)18-12-5-2-8(15)6-11(12)16/h2-7,18H,1H3,(H2,17,20). The monoisotopic (exact) mass is 326 g/mol. The summed E-state index contributed by atoms with van der Waals surface area (Å²) in [5.74, 6) is 0.692. The van der Waals surface area contributed by atoms with Crippen molar-refractivity contribution >= 4 is 51.8 Å². The molecule has 0 unspecified atom stereocenters. The molecule has 0 atom stereocenters. The van der Waals surface area contributed by atoms with Crippen molar-refractivity contribution in [3.05, 3.63) is 52.0 Å². The van der Waals surface area contributed by atoms with Gasteiger partial charge in [0.25, 0.3) is 0 Å². The molecule has 2 rings (SSSR count). The molecule has 104 valence electrons. The molecule has 2 aromatic rings. The van der Waals surface area contributed by atoms with Crippen LogP contribution < -0.4 is 15.8 Å². The molecule has 3 nitrogen and oxygen atoms in total. The minimum Gasteiger partial charge on any atom is -0.497 e. The van der Waals surface area contributed by atoms with Gasteiger partial charge in [0, 0.05) is 16.7 Å². The molecule has 0 amide bonds. The maximum absolute atomic E-state index is 6.14. The topological polar surface area (TPSA) is 47.3 Å². The number of halogens is 2. The second-order valence-corrected chi connectivity index (χ2v) is 5.31. The average Bonchev–Trinajstić information content (AvgIpc) is 2.41. The molecule has 0 fully saturated rings. The molecule has 2 aromatic carbocycles. The van der Waals surface area contributed by atoms with Crippen molar-refractivity contribution in [2.75, 3.05) is 12.4 Å². The predicted octanol–water partition coefficient (Wildman–Crippen LogP) is 4.38. The van der Waals surface area contributed by atoms with Crippen LogP contribution in [-0.2, 0) is 0 Å². The van der Waals surface area contributed by atoms with E-state index in [1.807, 2.05) is 0 Å². The van der Waals surface area contributed by atoms with Crippen LogP contribution >= 0.6 is 35.4 Å². The Morgan fingerprint density at radius 3 is 2.50 bits per heavy atom. The third-order valence-electron chi connectivity index (χ3n) is 2.69. The zero-order valence-corrected chi connectivity index (χ0v) is 12.9. The Morgan fingerprint density at radius 1 is 1.15 bits per heavy atom. The lowest BCUT2D eigenvalue weighted by Gasteiger charge is -2.14. The normalized spacial score (nSPS) is 10.2. The first kappa shape index (κ1) is 14.9. The molecule has 0 aliphatic carbocycles. The Hall–Kier alpha value is -1.49. The number of methoxy groups -OCH3 is 1. The number of hydrogen-bond acceptors (Lipinski definition) is 3. The van der Waals surface area contributed by atoms with E-state index in [4.69, 9.17) is 45.9 Å². The highest BCUT2D eigenvalue weighted by atomic mass is 35.5. The number of hydrogen-bond donors (Lipinski definition) is 2. The lowest BCUT2D eigenvalue weighted by Crippen LogP contribution is -2.12. The van der Waals surface area contributed by atoms with Crippen LogP contribution in [0.1, 0.15) is 5.56 Å². The molecule has 0 radical (unpaired) electrons. The van der Waals surface area contributed by atoms with Gasteiger partial charge < -0.3 is 15.8 Å². The van der Waals surface area contributed by atoms with E-state index in [1.165, 1.54) is 0 Å². The Morgan fingerprint density at radius 2 is 1.90 bits per heavy atom. The van der Waals surface area contributed by atoms with Gasteiger partial charge in [0.15, 0.2) is 0 Å². The number of anilines is 2. The van der Waals surface area contributed by atoms with Gasteiger partial charge in [-0.25, -0.2) is 0 Å². The molecule has 20 heavy (non-hydrogen) atoms. The van der Waals surface area contributed by atoms with E-state index in [1.54, 1.807) is 43.5 Å². The van der Waals surface area contributed by atoms with Gasteiger partial charge >= 0.3 is 0 Å². The lowest BCUT2D eigenvalue weighted by molar-refractivity contribution is 0.415. The van der Waals surface area contributed by atoms with E-state index in [9.17, 15) is 0 Å². The summed E-state index contributed by atoms with van der Waals surface area (Å²) in [5, 5.41) is 4.26. The molecule has 3 N–H and O–H groups in total. The number of nitrogens with one attached hydrogen (secondary N) is 1. The summed E-state index contributed by atoms with van der Waals surface area (Å²) >= 11 is 17.1. The summed E-state index contributed by atoms with van der Waals surface area (Å²) in [7, 11) is 1.59. The van der Waals surface area contributed by atoms with Crippen LogP contribution in [0.3, 0.4) is 0 Å². The molecule has 6 heteroatoms. The van der Waals surface area contributed by atoms with Gasteiger partial charge in [0.2, 0.25) is 0 Å². The van der Waals surface area contributed by atoms with Crippen LogP contribution in [0, 0.1) is 0 Å². The quantitative estimate of drug-likeness (QED) is 0.818. The maximum atomic E-state index is 6.14. The molecule has 0 aliphatic rings. The minimum absolute atomic E-state index is 0.292. The predicted molar refractivity (Wildman–Crippen MR) is 88.6 cm³/mol. The lowest BCUT2D eigenvalue weighted by atomic mass is 10.1. The third-order valence-corrected chi connectivity index (χ3v) is 3.46. The number of rotatable bonds is 4. The van der Waals surface area contributed by atoms with E-state index in [2.05, 4.69) is 5.32 Å². The number of thiocarbonyl (C=S) groups is 1. The van der Waals surface area contributed by atoms with Crippen LogP contribution in [0.5, 0.6) is 5.75 Å². The van der Waals surface area contributed by atoms with Gasteiger partial charge in [-0.15, -0.1) is 0 Å². The zero-order chi connectivity index (χ0) is 14.7. The highest BCUT2D eigenvalue weighted by Gasteiger charge is 2.09. The molecular formula is C14H12Cl2N2OS. The largest absolute Gasteiger partial charge is 0.497 e. The zero-order valence-electron chi connectivity index (χ0n) is 10.6. The summed E-state index contributed by atoms with van der Waals surface area (Å²) in [6.07, 6.45) is 0. The van der Waals surface area contributed by atoms with Gasteiger partial charge in [0.1, 0.15) is 10.7 Å². The first-order valence-electron chi connectivity index (χ1n) is 5.71. The number of nitrogens with two attached hydrogens (primary N) is 1. The first-order chi connectivity index (χ1) is 9.51. The molecule has 0 spiro atoms. The highest BCUT2D eigenvalue weighted by molar-refractivity contribution is 7.80. The number of ether oxygens (including phenoxy) is 1. The second-order valence-electron chi connectivity index (χ2n) is 4.02. The maximum Gasteiger partial charge on any atom is 0.120 e. The average molecular weight is 327 g/mol. The first-order valence-corrected chi connectivity index (χ1v) is 6.87. The van der Waals surface area contributed by atoms with Crippen molar-refractivity contribution in [1.29, 1.82) is 0 Å². The van der Waals surface area contributed by atoms with Crippen LogP contribution in [0.2, 0.25) is 10.0 Å². The Kier molecular flexibility index (Phi) is 4.70. The van der Waals surface area contributed by atoms with Gasteiger partial charge in [0.05, 0.1) is 23.5 Å². The summed E-state index contributed by atoms with van der Waals surface area (Å²) in [4.78, 5) is 0.292. The van der Waals surface area contributed by atoms with Crippen molar-refractivity contribution < 1.29 is 4.74 Å². The molecule has 0 aliphatic heterocycles. The SMILES string of the molecule is COc1ccc(C(N)=S)c(Nc2ccc(Cl)cc2Cl)c1. The van der Waals surface area contributed by atoms with Crippen molar-refractivity contribution in [3.8, 4) is 5.75 Å². The number of benzene rings is 2. The van der Waals surface area contributed by atoms with Crippen molar-refractivity contribution in [2.45, 2.75) is 0 Å². The summed E-state index contributed by atoms with van der Waals surface area (Å²) < 4.78 is 5.20.